The molecule has 0 saturated heterocycles. The predicted octanol–water partition coefficient (Wildman–Crippen LogP) is 3.88. The summed E-state index contributed by atoms with van der Waals surface area (Å²) >= 11 is -1.22. The van der Waals surface area contributed by atoms with Crippen LogP contribution >= 0.6 is 0 Å². The zero-order valence-corrected chi connectivity index (χ0v) is 16.6. The highest BCUT2D eigenvalue weighted by molar-refractivity contribution is 7.91. The quantitative estimate of drug-likeness (QED) is 0.519. The van der Waals surface area contributed by atoms with Crippen LogP contribution < -0.4 is 4.74 Å². The van der Waals surface area contributed by atoms with Crippen molar-refractivity contribution in [3.8, 4) is 5.75 Å². The number of aromatic nitrogens is 1. The van der Waals surface area contributed by atoms with Crippen LogP contribution in [0.4, 0.5) is 0 Å². The Kier molecular flexibility index (Phi) is 7.63. The van der Waals surface area contributed by atoms with Crippen LogP contribution in [0, 0.1) is 0 Å². The fourth-order valence-electron chi connectivity index (χ4n) is 2.10. The Hall–Kier alpha value is -1.89. The first-order valence-electron chi connectivity index (χ1n) is 8.47. The van der Waals surface area contributed by atoms with Gasteiger partial charge < -0.3 is 14.0 Å². The van der Waals surface area contributed by atoms with Gasteiger partial charge in [-0.2, -0.15) is 0 Å². The van der Waals surface area contributed by atoms with E-state index in [0.717, 1.165) is 22.6 Å². The number of benzene rings is 1. The van der Waals surface area contributed by atoms with E-state index in [9.17, 15) is 4.55 Å². The zero-order valence-electron chi connectivity index (χ0n) is 15.8. The van der Waals surface area contributed by atoms with Crippen LogP contribution in [0.25, 0.3) is 0 Å². The lowest BCUT2D eigenvalue weighted by Gasteiger charge is -2.17. The van der Waals surface area contributed by atoms with Crippen molar-refractivity contribution < 1.29 is 14.0 Å². The van der Waals surface area contributed by atoms with Gasteiger partial charge in [0.15, 0.2) is 0 Å². The summed E-state index contributed by atoms with van der Waals surface area (Å²) in [6.07, 6.45) is 4.09. The molecule has 26 heavy (non-hydrogen) atoms. The Bertz CT molecular complexity index is 712. The molecule has 1 heterocycles. The molecule has 0 aliphatic heterocycles. The van der Waals surface area contributed by atoms with Crippen molar-refractivity contribution in [2.24, 2.45) is 4.40 Å². The zero-order chi connectivity index (χ0) is 19.0. The third-order valence-corrected chi connectivity index (χ3v) is 4.97. The maximum Gasteiger partial charge on any atom is 0.144 e. The van der Waals surface area contributed by atoms with E-state index in [1.54, 1.807) is 19.5 Å². The lowest BCUT2D eigenvalue weighted by Crippen LogP contribution is -2.25. The molecule has 1 atom stereocenters. The van der Waals surface area contributed by atoms with Crippen LogP contribution in [0.5, 0.6) is 5.75 Å². The van der Waals surface area contributed by atoms with E-state index in [-0.39, 0.29) is 4.75 Å². The van der Waals surface area contributed by atoms with Gasteiger partial charge in [0.2, 0.25) is 0 Å². The Balaban J connectivity index is 1.83. The average molecular weight is 375 g/mol. The predicted molar refractivity (Wildman–Crippen MR) is 106 cm³/mol. The Labute approximate surface area is 158 Å². The normalized spacial score (nSPS) is 13.1. The SMILES string of the molecule is COc1ccc(COCc2cc(CC=N[S+]([O-])C(C)(C)C)ccn2)cc1. The summed E-state index contributed by atoms with van der Waals surface area (Å²) in [4.78, 5) is 4.33. The molecule has 1 unspecified atom stereocenters. The summed E-state index contributed by atoms with van der Waals surface area (Å²) in [7, 11) is 1.65. The second-order valence-corrected chi connectivity index (χ2v) is 8.78. The van der Waals surface area contributed by atoms with Crippen molar-refractivity contribution in [3.63, 3.8) is 0 Å². The topological polar surface area (TPSA) is 66.8 Å². The van der Waals surface area contributed by atoms with Gasteiger partial charge in [-0.3, -0.25) is 4.98 Å². The summed E-state index contributed by atoms with van der Waals surface area (Å²) in [5, 5.41) is 0. The minimum atomic E-state index is -1.22. The molecule has 0 spiro atoms. The molecule has 1 aromatic heterocycles. The number of ether oxygens (including phenoxy) is 2. The molecule has 0 bridgehead atoms. The third kappa shape index (κ3) is 6.78. The van der Waals surface area contributed by atoms with Gasteiger partial charge in [-0.15, -0.1) is 0 Å². The summed E-state index contributed by atoms with van der Waals surface area (Å²) in [6.45, 7) is 6.67. The number of rotatable bonds is 8. The van der Waals surface area contributed by atoms with Crippen molar-refractivity contribution in [1.29, 1.82) is 0 Å². The monoisotopic (exact) mass is 374 g/mol. The van der Waals surface area contributed by atoms with Gasteiger partial charge in [0.1, 0.15) is 21.9 Å². The van der Waals surface area contributed by atoms with Gasteiger partial charge in [-0.25, -0.2) is 0 Å². The van der Waals surface area contributed by atoms with Crippen molar-refractivity contribution >= 4 is 17.6 Å². The van der Waals surface area contributed by atoms with Gasteiger partial charge >= 0.3 is 0 Å². The summed E-state index contributed by atoms with van der Waals surface area (Å²) in [5.41, 5.74) is 3.01. The summed E-state index contributed by atoms with van der Waals surface area (Å²) in [5.74, 6) is 0.831. The third-order valence-electron chi connectivity index (χ3n) is 3.58. The Morgan fingerprint density at radius 2 is 1.85 bits per heavy atom. The fraction of sp³-hybridized carbons (Fsp3) is 0.400. The van der Waals surface area contributed by atoms with Gasteiger partial charge in [0.05, 0.1) is 32.2 Å². The van der Waals surface area contributed by atoms with Crippen molar-refractivity contribution in [2.75, 3.05) is 7.11 Å². The molecule has 0 amide bonds. The molecule has 0 fully saturated rings. The van der Waals surface area contributed by atoms with E-state index in [1.807, 2.05) is 57.2 Å². The second kappa shape index (κ2) is 9.71. The van der Waals surface area contributed by atoms with Crippen LogP contribution in [-0.2, 0) is 35.7 Å². The fourth-order valence-corrected chi connectivity index (χ4v) is 2.62. The molecule has 0 saturated carbocycles. The van der Waals surface area contributed by atoms with E-state index >= 15 is 0 Å². The first-order valence-corrected chi connectivity index (χ1v) is 9.58. The molecule has 0 aliphatic rings. The van der Waals surface area contributed by atoms with Crippen LogP contribution in [0.2, 0.25) is 0 Å². The van der Waals surface area contributed by atoms with Crippen molar-refractivity contribution in [2.45, 2.75) is 45.2 Å². The van der Waals surface area contributed by atoms with Crippen molar-refractivity contribution in [3.05, 3.63) is 59.4 Å². The standard InChI is InChI=1S/C20H26N2O3S/c1-20(2,3)26(23)22-12-10-16-9-11-21-18(13-16)15-25-14-17-5-7-19(24-4)8-6-17/h5-9,11-13H,10,14-15H2,1-4H3. The molecule has 0 aliphatic carbocycles. The largest absolute Gasteiger partial charge is 0.591 e. The summed E-state index contributed by atoms with van der Waals surface area (Å²) in [6, 6.07) is 11.7. The number of methoxy groups -OCH3 is 1. The average Bonchev–Trinajstić information content (AvgIpc) is 2.62. The number of nitrogens with zero attached hydrogens (tertiary/aromatic N) is 2. The van der Waals surface area contributed by atoms with Gasteiger partial charge in [0, 0.05) is 12.6 Å². The van der Waals surface area contributed by atoms with Crippen LogP contribution in [0.15, 0.2) is 47.0 Å². The molecule has 140 valence electrons. The lowest BCUT2D eigenvalue weighted by molar-refractivity contribution is 0.104. The molecule has 2 rings (SSSR count). The lowest BCUT2D eigenvalue weighted by atomic mass is 10.2. The molecule has 5 nitrogen and oxygen atoms in total. The van der Waals surface area contributed by atoms with Gasteiger partial charge in [0.25, 0.3) is 0 Å². The van der Waals surface area contributed by atoms with E-state index in [0.29, 0.717) is 19.6 Å². The molecule has 0 radical (unpaired) electrons. The molecule has 1 aromatic carbocycles. The van der Waals surface area contributed by atoms with Gasteiger partial charge in [-0.1, -0.05) is 16.5 Å². The first kappa shape index (κ1) is 20.4. The van der Waals surface area contributed by atoms with E-state index < -0.39 is 11.4 Å². The second-order valence-electron chi connectivity index (χ2n) is 6.85. The van der Waals surface area contributed by atoms with E-state index in [2.05, 4.69) is 9.38 Å². The van der Waals surface area contributed by atoms with E-state index in [4.69, 9.17) is 9.47 Å². The maximum absolute atomic E-state index is 11.9. The Morgan fingerprint density at radius 1 is 1.12 bits per heavy atom. The molecular weight excluding hydrogens is 348 g/mol. The highest BCUT2D eigenvalue weighted by Crippen LogP contribution is 2.16. The smallest absolute Gasteiger partial charge is 0.144 e. The first-order chi connectivity index (χ1) is 12.4. The molecular formula is C20H26N2O3S. The number of hydrogen-bond acceptors (Lipinski definition) is 5. The summed E-state index contributed by atoms with van der Waals surface area (Å²) < 4.78 is 26.6. The van der Waals surface area contributed by atoms with E-state index in [1.165, 1.54) is 0 Å². The number of hydrogen-bond donors (Lipinski definition) is 0. The Morgan fingerprint density at radius 3 is 2.50 bits per heavy atom. The molecule has 2 aromatic rings. The van der Waals surface area contributed by atoms with Gasteiger partial charge in [-0.05, 0) is 56.2 Å². The van der Waals surface area contributed by atoms with Crippen LogP contribution in [-0.4, -0.2) is 27.6 Å². The highest BCUT2D eigenvalue weighted by atomic mass is 32.2. The van der Waals surface area contributed by atoms with Crippen molar-refractivity contribution in [1.82, 2.24) is 4.98 Å². The molecule has 6 heteroatoms. The minimum absolute atomic E-state index is 0.338. The molecule has 0 N–H and O–H groups in total. The van der Waals surface area contributed by atoms with Crippen LogP contribution in [0.1, 0.15) is 37.6 Å². The highest BCUT2D eigenvalue weighted by Gasteiger charge is 2.25. The number of pyridine rings is 1. The minimum Gasteiger partial charge on any atom is -0.591 e. The maximum atomic E-state index is 11.9. The van der Waals surface area contributed by atoms with Crippen LogP contribution in [0.3, 0.4) is 0 Å².